The van der Waals surface area contributed by atoms with Crippen molar-refractivity contribution < 1.29 is 47.8 Å². The Morgan fingerprint density at radius 3 is 1.76 bits per heavy atom. The highest BCUT2D eigenvalue weighted by Gasteiger charge is 2.23. The van der Waals surface area contributed by atoms with Gasteiger partial charge in [-0.05, 0) is 12.8 Å². The minimum Gasteiger partial charge on any atom is -0.481 e. The Hall–Kier alpha value is -0.760. The third-order valence-electron chi connectivity index (χ3n) is 2.07. The van der Waals surface area contributed by atoms with Gasteiger partial charge >= 0.3 is 27.1 Å². The first-order chi connectivity index (χ1) is 9.54. The van der Waals surface area contributed by atoms with E-state index in [0.29, 0.717) is 0 Å². The number of rotatable bonds is 12. The molecule has 0 amide bonds. The molecule has 0 rings (SSSR count). The van der Waals surface area contributed by atoms with Crippen molar-refractivity contribution in [2.45, 2.75) is 19.3 Å². The van der Waals surface area contributed by atoms with Crippen molar-refractivity contribution in [1.82, 2.24) is 0 Å². The maximum absolute atomic E-state index is 11.3. The molecule has 124 valence electrons. The lowest BCUT2D eigenvalue weighted by Crippen LogP contribution is -2.07. The molecule has 2 atom stereocenters. The molecule has 0 fully saturated rings. The zero-order valence-corrected chi connectivity index (χ0v) is 12.9. The summed E-state index contributed by atoms with van der Waals surface area (Å²) >= 11 is 0. The van der Waals surface area contributed by atoms with Crippen molar-refractivity contribution in [3.63, 3.8) is 0 Å². The van der Waals surface area contributed by atoms with Crippen LogP contribution in [-0.2, 0) is 27.8 Å². The molecule has 0 aliphatic carbocycles. The molecular formula is C9H18O10P2. The zero-order valence-electron chi connectivity index (χ0n) is 11.1. The third-order valence-corrected chi connectivity index (χ3v) is 4.70. The van der Waals surface area contributed by atoms with Crippen LogP contribution in [-0.4, -0.2) is 57.5 Å². The number of hydrogen-bond donors (Lipinski definition) is 4. The van der Waals surface area contributed by atoms with Crippen LogP contribution in [0.2, 0.25) is 0 Å². The van der Waals surface area contributed by atoms with Crippen molar-refractivity contribution >= 4 is 27.1 Å². The average Bonchev–Trinajstić information content (AvgIpc) is 2.29. The molecule has 12 heteroatoms. The quantitative estimate of drug-likeness (QED) is 0.291. The second-order valence-electron chi connectivity index (χ2n) is 4.07. The molecule has 0 saturated heterocycles. The molecule has 0 spiro atoms. The number of unbranched alkanes of at least 4 members (excludes halogenated alkanes) is 1. The van der Waals surface area contributed by atoms with E-state index in [1.165, 1.54) is 0 Å². The molecule has 2 unspecified atom stereocenters. The van der Waals surface area contributed by atoms with Gasteiger partial charge in [-0.2, -0.15) is 0 Å². The molecule has 0 aliphatic rings. The molecule has 0 saturated carbocycles. The summed E-state index contributed by atoms with van der Waals surface area (Å²) in [5.41, 5.74) is 0. The Balaban J connectivity index is 3.77. The fourth-order valence-corrected chi connectivity index (χ4v) is 3.00. The number of aliphatic carboxylic acids is 2. The first kappa shape index (κ1) is 20.2. The zero-order chi connectivity index (χ0) is 16.5. The van der Waals surface area contributed by atoms with Crippen LogP contribution in [0.4, 0.5) is 0 Å². The fourth-order valence-electron chi connectivity index (χ4n) is 1.14. The maximum atomic E-state index is 11.3. The first-order valence-electron chi connectivity index (χ1n) is 5.90. The summed E-state index contributed by atoms with van der Waals surface area (Å²) in [5.74, 6) is -2.66. The molecule has 0 radical (unpaired) electrons. The van der Waals surface area contributed by atoms with Gasteiger partial charge in [0.2, 0.25) is 0 Å². The molecule has 21 heavy (non-hydrogen) atoms. The maximum Gasteiger partial charge on any atom is 0.339 e. The Morgan fingerprint density at radius 2 is 1.33 bits per heavy atom. The van der Waals surface area contributed by atoms with E-state index < -0.39 is 45.9 Å². The Labute approximate surface area is 120 Å². The Kier molecular flexibility index (Phi) is 8.96. The lowest BCUT2D eigenvalue weighted by molar-refractivity contribution is -0.137. The number of hydrogen-bond acceptors (Lipinski definition) is 6. The van der Waals surface area contributed by atoms with E-state index in [0.717, 1.165) is 0 Å². The van der Waals surface area contributed by atoms with Gasteiger partial charge in [-0.1, -0.05) is 0 Å². The van der Waals surface area contributed by atoms with E-state index in [4.69, 9.17) is 15.1 Å². The van der Waals surface area contributed by atoms with Crippen LogP contribution in [0.1, 0.15) is 19.3 Å². The van der Waals surface area contributed by atoms with Crippen molar-refractivity contribution in [3.8, 4) is 0 Å². The SMILES string of the molecule is O=C(O)CCP(=O)(O)OCCCCOP(=O)(O)CC(=O)O. The molecular weight excluding hydrogens is 330 g/mol. The highest BCUT2D eigenvalue weighted by Crippen LogP contribution is 2.43. The highest BCUT2D eigenvalue weighted by atomic mass is 31.2. The van der Waals surface area contributed by atoms with Crippen LogP contribution >= 0.6 is 15.2 Å². The molecule has 0 aromatic heterocycles. The number of carboxylic acid groups (broad SMARTS) is 2. The Bertz CT molecular complexity index is 448. The normalized spacial score (nSPS) is 16.9. The summed E-state index contributed by atoms with van der Waals surface area (Å²) in [5, 5.41) is 16.7. The summed E-state index contributed by atoms with van der Waals surface area (Å²) in [4.78, 5) is 38.8. The van der Waals surface area contributed by atoms with E-state index in [9.17, 15) is 23.6 Å². The average molecular weight is 348 g/mol. The minimum atomic E-state index is -4.16. The van der Waals surface area contributed by atoms with Crippen LogP contribution in [0.3, 0.4) is 0 Å². The first-order valence-corrected chi connectivity index (χ1v) is 9.43. The van der Waals surface area contributed by atoms with Gasteiger partial charge in [0.1, 0.15) is 6.16 Å². The largest absolute Gasteiger partial charge is 0.481 e. The predicted molar refractivity (Wildman–Crippen MR) is 70.4 cm³/mol. The predicted octanol–water partition coefficient (Wildman–Crippen LogP) is 0.730. The van der Waals surface area contributed by atoms with Gasteiger partial charge in [0, 0.05) is 0 Å². The summed E-state index contributed by atoms with van der Waals surface area (Å²) in [7, 11) is -8.11. The van der Waals surface area contributed by atoms with Gasteiger partial charge in [-0.3, -0.25) is 18.7 Å². The van der Waals surface area contributed by atoms with Crippen molar-refractivity contribution in [2.75, 3.05) is 25.5 Å². The van der Waals surface area contributed by atoms with Gasteiger partial charge in [0.15, 0.2) is 0 Å². The summed E-state index contributed by atoms with van der Waals surface area (Å²) < 4.78 is 31.6. The van der Waals surface area contributed by atoms with Crippen LogP contribution in [0.25, 0.3) is 0 Å². The summed E-state index contributed by atoms with van der Waals surface area (Å²) in [6, 6.07) is 0. The van der Waals surface area contributed by atoms with Crippen LogP contribution in [0, 0.1) is 0 Å². The lowest BCUT2D eigenvalue weighted by Gasteiger charge is -2.12. The van der Waals surface area contributed by atoms with E-state index in [-0.39, 0.29) is 26.1 Å². The van der Waals surface area contributed by atoms with E-state index >= 15 is 0 Å². The lowest BCUT2D eigenvalue weighted by atomic mass is 10.3. The summed E-state index contributed by atoms with van der Waals surface area (Å²) in [6.07, 6.45) is -1.54. The summed E-state index contributed by atoms with van der Waals surface area (Å²) in [6.45, 7) is -0.347. The van der Waals surface area contributed by atoms with Crippen LogP contribution in [0.15, 0.2) is 0 Å². The smallest absolute Gasteiger partial charge is 0.339 e. The van der Waals surface area contributed by atoms with Crippen molar-refractivity contribution in [3.05, 3.63) is 0 Å². The third kappa shape index (κ3) is 12.7. The van der Waals surface area contributed by atoms with E-state index in [1.807, 2.05) is 0 Å². The number of carboxylic acids is 2. The van der Waals surface area contributed by atoms with Crippen molar-refractivity contribution in [2.24, 2.45) is 0 Å². The van der Waals surface area contributed by atoms with Gasteiger partial charge in [0.25, 0.3) is 0 Å². The van der Waals surface area contributed by atoms with Gasteiger partial charge in [-0.15, -0.1) is 0 Å². The minimum absolute atomic E-state index is 0.147. The van der Waals surface area contributed by atoms with E-state index in [2.05, 4.69) is 9.05 Å². The molecule has 0 bridgehead atoms. The van der Waals surface area contributed by atoms with E-state index in [1.54, 1.807) is 0 Å². The fraction of sp³-hybridized carbons (Fsp3) is 0.778. The molecule has 0 heterocycles. The highest BCUT2D eigenvalue weighted by molar-refractivity contribution is 7.53. The van der Waals surface area contributed by atoms with Gasteiger partial charge in [0.05, 0.1) is 25.8 Å². The number of carbonyl (C=O) groups is 2. The second-order valence-corrected chi connectivity index (χ2v) is 7.90. The van der Waals surface area contributed by atoms with Crippen molar-refractivity contribution in [1.29, 1.82) is 0 Å². The topological polar surface area (TPSA) is 168 Å². The molecule has 0 aromatic carbocycles. The molecule has 0 aromatic rings. The van der Waals surface area contributed by atoms with Crippen LogP contribution in [0.5, 0.6) is 0 Å². The van der Waals surface area contributed by atoms with Crippen LogP contribution < -0.4 is 0 Å². The van der Waals surface area contributed by atoms with Gasteiger partial charge < -0.3 is 29.0 Å². The second kappa shape index (κ2) is 9.30. The molecule has 10 nitrogen and oxygen atoms in total. The standard InChI is InChI=1S/C9H18O10P2/c10-8(11)3-6-20(14,15)18-4-1-2-5-19-21(16,17)7-9(12)13/h1-7H2,(H,10,11)(H,12,13)(H,14,15)(H,16,17). The Morgan fingerprint density at radius 1 is 0.857 bits per heavy atom. The van der Waals surface area contributed by atoms with Gasteiger partial charge in [-0.25, -0.2) is 0 Å². The monoisotopic (exact) mass is 348 g/mol. The molecule has 4 N–H and O–H groups in total. The molecule has 0 aliphatic heterocycles.